The third kappa shape index (κ3) is 20.6. The Kier molecular flexibility index (Phi) is 29.0. The van der Waals surface area contributed by atoms with Gasteiger partial charge in [0, 0.05) is 180 Å². The van der Waals surface area contributed by atoms with E-state index in [0.717, 1.165) is 34.8 Å². The maximum Gasteiger partial charge on any atom is 0.488 e. The molecule has 0 bridgehead atoms. The molecule has 7 heterocycles. The van der Waals surface area contributed by atoms with Crippen molar-refractivity contribution in [2.24, 2.45) is 0 Å². The molecule has 19 aromatic carbocycles. The minimum absolute atomic E-state index is 0.0689. The fraction of sp³-hybridized carbons (Fsp3) is 0.00870. The summed E-state index contributed by atoms with van der Waals surface area (Å²) in [6, 6.07) is 139. The number of fused-ring (bicyclic) bond motifs is 26. The lowest BCUT2D eigenvalue weighted by Gasteiger charge is -2.18. The van der Waals surface area contributed by atoms with Crippen LogP contribution in [0.5, 0.6) is 0 Å². The van der Waals surface area contributed by atoms with Crippen LogP contribution >= 0.6 is 176 Å². The number of nitro benzene ring substituents is 2. The van der Waals surface area contributed by atoms with Crippen LogP contribution in [0.1, 0.15) is 11.1 Å². The van der Waals surface area contributed by atoms with Crippen molar-refractivity contribution in [1.82, 2.24) is 9.97 Å². The van der Waals surface area contributed by atoms with Crippen molar-refractivity contribution in [2.75, 3.05) is 0 Å². The van der Waals surface area contributed by atoms with Crippen LogP contribution < -0.4 is 21.4 Å². The first kappa shape index (κ1) is 95.0. The second kappa shape index (κ2) is 42.5. The fourth-order valence-corrected chi connectivity index (χ4v) is 28.3. The molecule has 24 heteroatoms. The first-order valence-corrected chi connectivity index (χ1v) is 54.9. The summed E-state index contributed by atoms with van der Waals surface area (Å²) in [6.07, 6.45) is 1.05. The summed E-state index contributed by atoms with van der Waals surface area (Å²) in [5, 5.41) is 62.2. The minimum atomic E-state index is -1.39. The average Bonchev–Trinajstić information content (AvgIpc) is 1.58. The molecule has 26 aromatic rings. The molecule has 27 rings (SSSR count). The Balaban J connectivity index is 0.0000000993. The number of nitrogens with one attached hydrogen (secondary N) is 2. The van der Waals surface area contributed by atoms with E-state index in [1.807, 2.05) is 119 Å². The third-order valence-corrected chi connectivity index (χ3v) is 35.9. The van der Waals surface area contributed by atoms with E-state index in [1.54, 1.807) is 53.0 Å². The maximum absolute atomic E-state index is 11.3. The highest BCUT2D eigenvalue weighted by molar-refractivity contribution is 9.11. The van der Waals surface area contributed by atoms with E-state index in [4.69, 9.17) is 10.0 Å². The van der Waals surface area contributed by atoms with Crippen LogP contribution in [0.2, 0.25) is 0 Å². The summed E-state index contributed by atoms with van der Waals surface area (Å²) in [4.78, 5) is 28.0. The topological polar surface area (TPSA) is 158 Å². The molecule has 0 radical (unpaired) electrons. The molecule has 4 N–H and O–H groups in total. The number of halogens is 7. The van der Waals surface area contributed by atoms with E-state index in [9.17, 15) is 20.2 Å². The highest BCUT2D eigenvalue weighted by Crippen LogP contribution is 2.49. The molecule has 0 spiro atoms. The van der Waals surface area contributed by atoms with E-state index in [0.29, 0.717) is 24.4 Å². The van der Waals surface area contributed by atoms with Crippen LogP contribution in [0, 0.1) is 20.2 Å². The number of H-pyrrole nitrogens is 2. The molecule has 10 nitrogen and oxygen atoms in total. The van der Waals surface area contributed by atoms with Gasteiger partial charge in [-0.1, -0.05) is 362 Å². The predicted molar refractivity (Wildman–Crippen MR) is 624 cm³/mol. The van der Waals surface area contributed by atoms with Gasteiger partial charge in [-0.3, -0.25) is 20.2 Å². The standard InChI is InChI=1S/C19H11BrS.C18H10BrNO2S.2C18H10BrNS.C18H15P.C12H9BO2S.C6H3Br2NO2.C6H5Br/c20-12-5-6-13-11(9-12)10-17-14(13)7-8-16-15-3-1-2-4-18(15)21-19(16)17;19-12-6-8-13(16(10-12)20(21)22)11-5-7-15-14-3-1-2-4-17(14)23-18(15)9-11;19-10-5-6-11-13-9-18-14(8-16(13)20-15(11)7-10)12-3-1-2-4-17(12)21-18;19-10-5-6-11-13-7-8-14-12-3-1-2-4-16(12)21-18(14)17(13)20-15(11)9-10;1-4-10-16(11-5-1)19(17-12-6-2-7-13-17)18-14-8-3-9-15-18;14-13(15)8-5-6-10-9-3-1-2-4-11(9)16-12(10)7-8;7-4-1-2-5(8)6(3-4)9(10)11;7-6-4-2-1-3-5-6/h1-9H,10H2;1-10H;2*1-9,20H;1-15H;1-7,14-15H;1-3H;1-5H. The molecule has 7 aromatic heterocycles. The van der Waals surface area contributed by atoms with Gasteiger partial charge in [-0.2, -0.15) is 0 Å². The van der Waals surface area contributed by atoms with Crippen molar-refractivity contribution in [1.29, 1.82) is 0 Å². The van der Waals surface area contributed by atoms with Gasteiger partial charge in [0.1, 0.15) is 0 Å². The zero-order chi connectivity index (χ0) is 95.5. The maximum atomic E-state index is 11.3. The van der Waals surface area contributed by atoms with Gasteiger partial charge in [-0.15, -0.1) is 56.7 Å². The highest BCUT2D eigenvalue weighted by atomic mass is 79.9. The molecular weight excluding hydrogens is 2290 g/mol. The van der Waals surface area contributed by atoms with Crippen LogP contribution in [0.15, 0.2) is 438 Å². The monoisotopic (exact) mass is 2360 g/mol. The largest absolute Gasteiger partial charge is 0.488 e. The molecule has 0 saturated heterocycles. The zero-order valence-electron chi connectivity index (χ0n) is 73.0. The smallest absolute Gasteiger partial charge is 0.423 e. The number of aromatic amines is 2. The number of benzene rings is 19. The van der Waals surface area contributed by atoms with Gasteiger partial charge in [0.25, 0.3) is 11.4 Å². The van der Waals surface area contributed by atoms with Gasteiger partial charge < -0.3 is 20.0 Å². The number of aromatic nitrogens is 2. The number of rotatable bonds is 7. The first-order chi connectivity index (χ1) is 67.7. The Labute approximate surface area is 878 Å². The highest BCUT2D eigenvalue weighted by Gasteiger charge is 2.25. The first-order valence-electron chi connectivity index (χ1n) is 43.9. The van der Waals surface area contributed by atoms with Crippen LogP contribution in [0.3, 0.4) is 0 Å². The second-order valence-electron chi connectivity index (χ2n) is 32.6. The summed E-state index contributed by atoms with van der Waals surface area (Å²) in [7, 11) is -1.84. The number of nitrogens with zero attached hydrogens (tertiary/aromatic N) is 2. The molecule has 0 atom stereocenters. The summed E-state index contributed by atoms with van der Waals surface area (Å²) >= 11 is 32.5. The van der Waals surface area contributed by atoms with Gasteiger partial charge in [0.15, 0.2) is 0 Å². The van der Waals surface area contributed by atoms with Gasteiger partial charge in [-0.25, -0.2) is 0 Å². The minimum Gasteiger partial charge on any atom is -0.423 e. The van der Waals surface area contributed by atoms with Crippen molar-refractivity contribution < 1.29 is 19.9 Å². The third-order valence-electron chi connectivity index (χ3n) is 23.9. The van der Waals surface area contributed by atoms with Crippen molar-refractivity contribution in [2.45, 2.75) is 6.42 Å². The fourth-order valence-electron chi connectivity index (χ4n) is 17.6. The van der Waals surface area contributed by atoms with Crippen LogP contribution in [-0.2, 0) is 6.42 Å². The molecule has 0 amide bonds. The van der Waals surface area contributed by atoms with Gasteiger partial charge in [-0.05, 0) is 200 Å². The molecule has 0 unspecified atom stereocenters. The Morgan fingerprint density at radius 3 is 1.18 bits per heavy atom. The van der Waals surface area contributed by atoms with Gasteiger partial charge >= 0.3 is 7.12 Å². The molecule has 676 valence electrons. The number of thiophene rings is 5. The summed E-state index contributed by atoms with van der Waals surface area (Å²) < 4.78 is 19.3. The summed E-state index contributed by atoms with van der Waals surface area (Å²) in [5.41, 5.74) is 12.8. The molecule has 1 aliphatic rings. The van der Waals surface area contributed by atoms with Crippen LogP contribution in [-0.4, -0.2) is 37.0 Å². The molecule has 0 fully saturated rings. The number of hydrogen-bond acceptors (Lipinski definition) is 11. The van der Waals surface area contributed by atoms with Crippen molar-refractivity contribution in [3.05, 3.63) is 469 Å². The van der Waals surface area contributed by atoms with Crippen molar-refractivity contribution >= 4 is 360 Å². The number of nitro groups is 2. The summed E-state index contributed by atoms with van der Waals surface area (Å²) in [6.45, 7) is 0. The molecular formula is C115H73BBr7N4O6PS5. The SMILES string of the molecule is Brc1ccc2c(c1)Cc1c-2ccc2c1sc1ccccc12.Brc1ccc2c(c1)[nH]c1c2ccc2c3ccccc3sc21.Brc1ccc2c(c1)[nH]c1cc3c(cc12)sc1ccccc13.Brc1ccccc1.O=[N+]([O-])c1cc(Br)ccc1-c1ccc2c(c1)sc1ccccc12.O=[N+]([O-])c1cc(Br)ccc1Br.OB(O)c1ccc2c(c1)sc1ccccc12.c1ccc(P(c2ccccc2)c2ccccc2)cc1. The normalized spacial score (nSPS) is 11.4. The summed E-state index contributed by atoms with van der Waals surface area (Å²) in [5.74, 6) is 0. The van der Waals surface area contributed by atoms with E-state index in [-0.39, 0.29) is 16.3 Å². The van der Waals surface area contributed by atoms with E-state index in [1.165, 1.54) is 184 Å². The quantitative estimate of drug-likeness (QED) is 0.0538. The number of hydrogen-bond donors (Lipinski definition) is 4. The Bertz CT molecular complexity index is 9020. The van der Waals surface area contributed by atoms with Crippen molar-refractivity contribution in [3.63, 3.8) is 0 Å². The molecule has 1 aliphatic carbocycles. The van der Waals surface area contributed by atoms with Crippen molar-refractivity contribution in [3.8, 4) is 22.3 Å². The van der Waals surface area contributed by atoms with Crippen LogP contribution in [0.25, 0.3) is 167 Å². The average molecular weight is 2370 g/mol. The lowest BCUT2D eigenvalue weighted by Crippen LogP contribution is -2.29. The molecule has 0 aliphatic heterocycles. The molecule has 0 saturated carbocycles. The van der Waals surface area contributed by atoms with E-state index < -0.39 is 20.0 Å². The van der Waals surface area contributed by atoms with Crippen LogP contribution in [0.4, 0.5) is 11.4 Å². The lowest BCUT2D eigenvalue weighted by molar-refractivity contribution is -0.385. The Hall–Kier alpha value is -11.5. The van der Waals surface area contributed by atoms with E-state index in [2.05, 4.69) is 407 Å². The van der Waals surface area contributed by atoms with Gasteiger partial charge in [0.2, 0.25) is 0 Å². The second-order valence-corrected chi connectivity index (χ2v) is 46.5. The Morgan fingerprint density at radius 2 is 0.655 bits per heavy atom. The zero-order valence-corrected chi connectivity index (χ0v) is 89.1. The van der Waals surface area contributed by atoms with Gasteiger partial charge in [0.05, 0.1) is 30.1 Å². The van der Waals surface area contributed by atoms with E-state index >= 15 is 0 Å². The Morgan fingerprint density at radius 1 is 0.281 bits per heavy atom. The lowest BCUT2D eigenvalue weighted by atomic mass is 9.80. The predicted octanol–water partition coefficient (Wildman–Crippen LogP) is 36.4. The molecule has 139 heavy (non-hydrogen) atoms.